The third kappa shape index (κ3) is 2.63. The van der Waals surface area contributed by atoms with E-state index in [0.29, 0.717) is 18.0 Å². The van der Waals surface area contributed by atoms with Gasteiger partial charge in [0.25, 0.3) is 0 Å². The molecule has 1 aromatic carbocycles. The average molecular weight is 260 g/mol. The van der Waals surface area contributed by atoms with Crippen LogP contribution < -0.4 is 10.1 Å². The quantitative estimate of drug-likeness (QED) is 0.882. The topological polar surface area (TPSA) is 24.5 Å². The lowest BCUT2D eigenvalue weighted by Gasteiger charge is -2.42. The van der Waals surface area contributed by atoms with Crippen LogP contribution >= 0.6 is 0 Å². The molecule has 1 saturated heterocycles. The number of piperazine rings is 1. The van der Waals surface area contributed by atoms with E-state index < -0.39 is 0 Å². The van der Waals surface area contributed by atoms with Crippen molar-refractivity contribution < 1.29 is 4.74 Å². The molecule has 0 saturated carbocycles. The van der Waals surface area contributed by atoms with E-state index in [9.17, 15) is 0 Å². The maximum absolute atomic E-state index is 5.77. The number of ether oxygens (including phenoxy) is 1. The zero-order chi connectivity index (χ0) is 13.2. The highest BCUT2D eigenvalue weighted by Gasteiger charge is 2.29. The Hall–Kier alpha value is -1.06. The van der Waals surface area contributed by atoms with Crippen molar-refractivity contribution in [3.8, 4) is 5.75 Å². The van der Waals surface area contributed by atoms with Crippen LogP contribution in [0.3, 0.4) is 0 Å². The fourth-order valence-corrected chi connectivity index (χ4v) is 3.39. The molecule has 1 fully saturated rings. The maximum Gasteiger partial charge on any atom is 0.122 e. The van der Waals surface area contributed by atoms with Gasteiger partial charge < -0.3 is 10.1 Å². The molecule has 3 rings (SSSR count). The van der Waals surface area contributed by atoms with Crippen LogP contribution in [0.1, 0.15) is 31.7 Å². The molecule has 0 amide bonds. The Morgan fingerprint density at radius 1 is 1.21 bits per heavy atom. The van der Waals surface area contributed by atoms with Gasteiger partial charge in [-0.1, -0.05) is 18.2 Å². The number of benzene rings is 1. The van der Waals surface area contributed by atoms with Gasteiger partial charge in [-0.05, 0) is 31.9 Å². The molecule has 1 aromatic rings. The molecule has 104 valence electrons. The maximum atomic E-state index is 5.77. The molecule has 3 heteroatoms. The molecule has 2 aliphatic rings. The summed E-state index contributed by atoms with van der Waals surface area (Å²) in [4.78, 5) is 2.66. The lowest BCUT2D eigenvalue weighted by Crippen LogP contribution is -2.56. The Balaban J connectivity index is 1.77. The van der Waals surface area contributed by atoms with Crippen molar-refractivity contribution in [3.63, 3.8) is 0 Å². The van der Waals surface area contributed by atoms with Crippen LogP contribution in [0.15, 0.2) is 24.3 Å². The van der Waals surface area contributed by atoms with Gasteiger partial charge in [-0.25, -0.2) is 0 Å². The summed E-state index contributed by atoms with van der Waals surface area (Å²) in [7, 11) is 0. The minimum Gasteiger partial charge on any atom is -0.493 e. The van der Waals surface area contributed by atoms with E-state index in [1.165, 1.54) is 5.56 Å². The van der Waals surface area contributed by atoms with Crippen LogP contribution in [0.2, 0.25) is 0 Å². The lowest BCUT2D eigenvalue weighted by molar-refractivity contribution is 0.100. The van der Waals surface area contributed by atoms with E-state index in [0.717, 1.165) is 38.4 Å². The number of hydrogen-bond acceptors (Lipinski definition) is 3. The Labute approximate surface area is 115 Å². The number of nitrogens with zero attached hydrogens (tertiary/aromatic N) is 1. The molecule has 2 aliphatic heterocycles. The predicted molar refractivity (Wildman–Crippen MR) is 77.8 cm³/mol. The van der Waals surface area contributed by atoms with E-state index in [-0.39, 0.29) is 0 Å². The summed E-state index contributed by atoms with van der Waals surface area (Å²) in [5.74, 6) is 1.71. The standard InChI is InChI=1S/C16H24N2O/c1-12-9-17-10-13(2)18(12)11-14-7-8-19-16-6-4-3-5-15(14)16/h3-6,12-14,17H,7-11H2,1-2H3. The van der Waals surface area contributed by atoms with Crippen molar-refractivity contribution in [2.24, 2.45) is 0 Å². The lowest BCUT2D eigenvalue weighted by atomic mass is 9.91. The van der Waals surface area contributed by atoms with Crippen LogP contribution in [0.5, 0.6) is 5.75 Å². The molecule has 0 bridgehead atoms. The van der Waals surface area contributed by atoms with Crippen molar-refractivity contribution in [2.75, 3.05) is 26.2 Å². The van der Waals surface area contributed by atoms with E-state index in [1.54, 1.807) is 0 Å². The first-order chi connectivity index (χ1) is 9.25. The average Bonchev–Trinajstić information content (AvgIpc) is 2.43. The Morgan fingerprint density at radius 2 is 1.95 bits per heavy atom. The predicted octanol–water partition coefficient (Wildman–Crippen LogP) is 2.23. The molecule has 0 spiro atoms. The van der Waals surface area contributed by atoms with Crippen molar-refractivity contribution in [1.82, 2.24) is 10.2 Å². The normalized spacial score (nSPS) is 31.6. The first-order valence-corrected chi connectivity index (χ1v) is 7.44. The second-order valence-corrected chi connectivity index (χ2v) is 5.92. The number of hydrogen-bond donors (Lipinski definition) is 1. The number of nitrogens with one attached hydrogen (secondary N) is 1. The van der Waals surface area contributed by atoms with Gasteiger partial charge >= 0.3 is 0 Å². The zero-order valence-corrected chi connectivity index (χ0v) is 11.9. The third-order valence-electron chi connectivity index (χ3n) is 4.53. The first kappa shape index (κ1) is 12.9. The molecule has 1 N–H and O–H groups in total. The number of rotatable bonds is 2. The van der Waals surface area contributed by atoms with Gasteiger partial charge in [0, 0.05) is 37.6 Å². The Morgan fingerprint density at radius 3 is 2.74 bits per heavy atom. The summed E-state index contributed by atoms with van der Waals surface area (Å²) in [6.07, 6.45) is 1.14. The van der Waals surface area contributed by atoms with Gasteiger partial charge in [0.15, 0.2) is 0 Å². The van der Waals surface area contributed by atoms with E-state index >= 15 is 0 Å². The second kappa shape index (κ2) is 5.51. The van der Waals surface area contributed by atoms with Crippen LogP contribution in [-0.4, -0.2) is 43.2 Å². The highest BCUT2D eigenvalue weighted by molar-refractivity contribution is 5.38. The van der Waals surface area contributed by atoms with Crippen molar-refractivity contribution in [3.05, 3.63) is 29.8 Å². The van der Waals surface area contributed by atoms with E-state index in [4.69, 9.17) is 4.74 Å². The van der Waals surface area contributed by atoms with Gasteiger partial charge in [0.1, 0.15) is 5.75 Å². The van der Waals surface area contributed by atoms with Gasteiger partial charge in [-0.15, -0.1) is 0 Å². The van der Waals surface area contributed by atoms with Gasteiger partial charge in [-0.3, -0.25) is 4.90 Å². The third-order valence-corrected chi connectivity index (χ3v) is 4.53. The summed E-state index contributed by atoms with van der Waals surface area (Å²) < 4.78 is 5.77. The molecule has 0 aromatic heterocycles. The highest BCUT2D eigenvalue weighted by atomic mass is 16.5. The molecule has 3 nitrogen and oxygen atoms in total. The minimum atomic E-state index is 0.618. The number of fused-ring (bicyclic) bond motifs is 1. The van der Waals surface area contributed by atoms with Crippen LogP contribution in [-0.2, 0) is 0 Å². The zero-order valence-electron chi connectivity index (χ0n) is 11.9. The van der Waals surface area contributed by atoms with Gasteiger partial charge in [-0.2, -0.15) is 0 Å². The first-order valence-electron chi connectivity index (χ1n) is 7.44. The molecule has 0 radical (unpaired) electrons. The molecule has 3 unspecified atom stereocenters. The monoisotopic (exact) mass is 260 g/mol. The summed E-state index contributed by atoms with van der Waals surface area (Å²) >= 11 is 0. The molecule has 3 atom stereocenters. The number of para-hydroxylation sites is 1. The van der Waals surface area contributed by atoms with Crippen molar-refractivity contribution in [2.45, 2.75) is 38.3 Å². The van der Waals surface area contributed by atoms with E-state index in [1.807, 2.05) is 0 Å². The molecular weight excluding hydrogens is 236 g/mol. The molecular formula is C16H24N2O. The molecule has 2 heterocycles. The molecule has 19 heavy (non-hydrogen) atoms. The summed E-state index contributed by atoms with van der Waals surface area (Å²) in [5.41, 5.74) is 1.40. The summed E-state index contributed by atoms with van der Waals surface area (Å²) in [5, 5.41) is 3.50. The SMILES string of the molecule is CC1CNCC(C)N1CC1CCOc2ccccc21. The summed E-state index contributed by atoms with van der Waals surface area (Å²) in [6.45, 7) is 8.88. The Bertz CT molecular complexity index is 425. The minimum absolute atomic E-state index is 0.618. The second-order valence-electron chi connectivity index (χ2n) is 5.92. The van der Waals surface area contributed by atoms with Crippen LogP contribution in [0.25, 0.3) is 0 Å². The molecule has 0 aliphatic carbocycles. The van der Waals surface area contributed by atoms with Crippen LogP contribution in [0, 0.1) is 0 Å². The van der Waals surface area contributed by atoms with Crippen molar-refractivity contribution in [1.29, 1.82) is 0 Å². The highest BCUT2D eigenvalue weighted by Crippen LogP contribution is 2.34. The van der Waals surface area contributed by atoms with Crippen LogP contribution in [0.4, 0.5) is 0 Å². The van der Waals surface area contributed by atoms with Gasteiger partial charge in [0.2, 0.25) is 0 Å². The van der Waals surface area contributed by atoms with Gasteiger partial charge in [0.05, 0.1) is 6.61 Å². The van der Waals surface area contributed by atoms with E-state index in [2.05, 4.69) is 48.3 Å². The van der Waals surface area contributed by atoms with Crippen molar-refractivity contribution >= 4 is 0 Å². The smallest absolute Gasteiger partial charge is 0.122 e. The fourth-order valence-electron chi connectivity index (χ4n) is 3.39. The largest absolute Gasteiger partial charge is 0.493 e. The summed E-state index contributed by atoms with van der Waals surface area (Å²) in [6, 6.07) is 9.78. The Kier molecular flexibility index (Phi) is 3.76. The fraction of sp³-hybridized carbons (Fsp3) is 0.625.